The SMILES string of the molecule is COCCCC(=O)N1CCC(C2CCCN2)CC1. The number of carbonyl (C=O) groups is 1. The summed E-state index contributed by atoms with van der Waals surface area (Å²) in [6.07, 6.45) is 6.48. The van der Waals surface area contributed by atoms with Crippen LogP contribution in [0.15, 0.2) is 0 Å². The lowest BCUT2D eigenvalue weighted by atomic mass is 9.88. The van der Waals surface area contributed by atoms with E-state index in [1.807, 2.05) is 4.90 Å². The largest absolute Gasteiger partial charge is 0.385 e. The number of amides is 1. The van der Waals surface area contributed by atoms with E-state index < -0.39 is 0 Å². The summed E-state index contributed by atoms with van der Waals surface area (Å²) in [5.74, 6) is 1.10. The average molecular weight is 254 g/mol. The first-order valence-corrected chi connectivity index (χ1v) is 7.31. The smallest absolute Gasteiger partial charge is 0.222 e. The minimum atomic E-state index is 0.310. The third kappa shape index (κ3) is 3.69. The van der Waals surface area contributed by atoms with Crippen molar-refractivity contribution >= 4 is 5.91 Å². The molecule has 1 amide bonds. The third-order valence-corrected chi connectivity index (χ3v) is 4.30. The van der Waals surface area contributed by atoms with Gasteiger partial charge in [-0.05, 0) is 44.6 Å². The second-order valence-electron chi connectivity index (χ2n) is 5.52. The van der Waals surface area contributed by atoms with Crippen LogP contribution in [0.25, 0.3) is 0 Å². The molecule has 1 atom stereocenters. The Bertz CT molecular complexity index is 257. The highest BCUT2D eigenvalue weighted by atomic mass is 16.5. The molecule has 0 bridgehead atoms. The van der Waals surface area contributed by atoms with Gasteiger partial charge in [0.05, 0.1) is 0 Å². The number of nitrogens with one attached hydrogen (secondary N) is 1. The van der Waals surface area contributed by atoms with Gasteiger partial charge in [-0.2, -0.15) is 0 Å². The maximum atomic E-state index is 12.0. The zero-order valence-corrected chi connectivity index (χ0v) is 11.5. The minimum absolute atomic E-state index is 0.310. The van der Waals surface area contributed by atoms with E-state index in [9.17, 15) is 4.79 Å². The van der Waals surface area contributed by atoms with Crippen LogP contribution in [0.5, 0.6) is 0 Å². The molecule has 0 saturated carbocycles. The van der Waals surface area contributed by atoms with Gasteiger partial charge in [0.25, 0.3) is 0 Å². The highest BCUT2D eigenvalue weighted by Gasteiger charge is 2.29. The normalized spacial score (nSPS) is 25.6. The molecule has 2 aliphatic heterocycles. The summed E-state index contributed by atoms with van der Waals surface area (Å²) >= 11 is 0. The van der Waals surface area contributed by atoms with Crippen molar-refractivity contribution in [3.05, 3.63) is 0 Å². The molecule has 0 aromatic rings. The molecule has 4 heteroatoms. The van der Waals surface area contributed by atoms with Crippen LogP contribution in [0.2, 0.25) is 0 Å². The summed E-state index contributed by atoms with van der Waals surface area (Å²) in [6.45, 7) is 3.78. The highest BCUT2D eigenvalue weighted by molar-refractivity contribution is 5.76. The van der Waals surface area contributed by atoms with E-state index in [1.54, 1.807) is 7.11 Å². The molecule has 1 N–H and O–H groups in total. The Morgan fingerprint density at radius 1 is 1.33 bits per heavy atom. The molecule has 2 rings (SSSR count). The van der Waals surface area contributed by atoms with E-state index >= 15 is 0 Å². The van der Waals surface area contributed by atoms with E-state index in [4.69, 9.17) is 4.74 Å². The molecule has 0 aromatic heterocycles. The highest BCUT2D eigenvalue weighted by Crippen LogP contribution is 2.25. The van der Waals surface area contributed by atoms with Crippen LogP contribution in [0.1, 0.15) is 38.5 Å². The molecular formula is C14H26N2O2. The van der Waals surface area contributed by atoms with Gasteiger partial charge < -0.3 is 15.0 Å². The van der Waals surface area contributed by atoms with Crippen LogP contribution < -0.4 is 5.32 Å². The van der Waals surface area contributed by atoms with Crippen LogP contribution in [0, 0.1) is 5.92 Å². The molecule has 18 heavy (non-hydrogen) atoms. The number of piperidine rings is 1. The van der Waals surface area contributed by atoms with Gasteiger partial charge in [-0.1, -0.05) is 0 Å². The Morgan fingerprint density at radius 3 is 2.72 bits per heavy atom. The van der Waals surface area contributed by atoms with Crippen LogP contribution in [0.3, 0.4) is 0 Å². The van der Waals surface area contributed by atoms with Gasteiger partial charge in [-0.15, -0.1) is 0 Å². The predicted molar refractivity (Wildman–Crippen MR) is 71.4 cm³/mol. The monoisotopic (exact) mass is 254 g/mol. The van der Waals surface area contributed by atoms with Crippen molar-refractivity contribution in [2.75, 3.05) is 33.4 Å². The minimum Gasteiger partial charge on any atom is -0.385 e. The standard InChI is InChI=1S/C14H26N2O2/c1-18-11-3-5-14(17)16-9-6-12(7-10-16)13-4-2-8-15-13/h12-13,15H,2-11H2,1H3. The zero-order valence-electron chi connectivity index (χ0n) is 11.5. The van der Waals surface area contributed by atoms with Crippen molar-refractivity contribution < 1.29 is 9.53 Å². The van der Waals surface area contributed by atoms with Crippen molar-refractivity contribution in [1.82, 2.24) is 10.2 Å². The summed E-state index contributed by atoms with van der Waals surface area (Å²) in [5, 5.41) is 3.59. The Balaban J connectivity index is 1.67. The molecule has 1 unspecified atom stereocenters. The summed E-state index contributed by atoms with van der Waals surface area (Å²) in [7, 11) is 1.69. The maximum absolute atomic E-state index is 12.0. The summed E-state index contributed by atoms with van der Waals surface area (Å²) < 4.78 is 4.99. The molecule has 0 aromatic carbocycles. The van der Waals surface area contributed by atoms with Crippen LogP contribution in [-0.2, 0) is 9.53 Å². The molecule has 4 nitrogen and oxygen atoms in total. The number of rotatable bonds is 5. The van der Waals surface area contributed by atoms with E-state index in [-0.39, 0.29) is 0 Å². The molecule has 2 aliphatic rings. The lowest BCUT2D eigenvalue weighted by Gasteiger charge is -2.35. The van der Waals surface area contributed by atoms with Gasteiger partial charge >= 0.3 is 0 Å². The van der Waals surface area contributed by atoms with E-state index in [2.05, 4.69) is 5.32 Å². The predicted octanol–water partition coefficient (Wildman–Crippen LogP) is 1.40. The fourth-order valence-electron chi connectivity index (χ4n) is 3.19. The van der Waals surface area contributed by atoms with Crippen molar-refractivity contribution in [3.63, 3.8) is 0 Å². The fourth-order valence-corrected chi connectivity index (χ4v) is 3.19. The van der Waals surface area contributed by atoms with Crippen LogP contribution in [0.4, 0.5) is 0 Å². The topological polar surface area (TPSA) is 41.6 Å². The molecule has 2 heterocycles. The van der Waals surface area contributed by atoms with Crippen LogP contribution in [-0.4, -0.2) is 50.2 Å². The second kappa shape index (κ2) is 7.10. The molecular weight excluding hydrogens is 228 g/mol. The number of nitrogens with zero attached hydrogens (tertiary/aromatic N) is 1. The summed E-state index contributed by atoms with van der Waals surface area (Å²) in [5.41, 5.74) is 0. The van der Waals surface area contributed by atoms with Crippen LogP contribution >= 0.6 is 0 Å². The third-order valence-electron chi connectivity index (χ3n) is 4.30. The number of likely N-dealkylation sites (tertiary alicyclic amines) is 1. The number of carbonyl (C=O) groups excluding carboxylic acids is 1. The van der Waals surface area contributed by atoms with Gasteiger partial charge in [-0.25, -0.2) is 0 Å². The van der Waals surface area contributed by atoms with E-state index in [0.717, 1.165) is 31.5 Å². The molecule has 104 valence electrons. The Kier molecular flexibility index (Phi) is 5.45. The van der Waals surface area contributed by atoms with Gasteiger partial charge in [0.1, 0.15) is 0 Å². The summed E-state index contributed by atoms with van der Waals surface area (Å²) in [4.78, 5) is 14.0. The quantitative estimate of drug-likeness (QED) is 0.754. The van der Waals surface area contributed by atoms with Crippen molar-refractivity contribution in [2.45, 2.75) is 44.6 Å². The molecule has 0 aliphatic carbocycles. The van der Waals surface area contributed by atoms with Gasteiger partial charge in [0.15, 0.2) is 0 Å². The Hall–Kier alpha value is -0.610. The summed E-state index contributed by atoms with van der Waals surface area (Å²) in [6, 6.07) is 0.718. The molecule has 0 spiro atoms. The first-order valence-electron chi connectivity index (χ1n) is 7.31. The first-order chi connectivity index (χ1) is 8.81. The van der Waals surface area contributed by atoms with Crippen molar-refractivity contribution in [2.24, 2.45) is 5.92 Å². The number of hydrogen-bond donors (Lipinski definition) is 1. The van der Waals surface area contributed by atoms with E-state index in [0.29, 0.717) is 18.9 Å². The number of methoxy groups -OCH3 is 1. The van der Waals surface area contributed by atoms with Gasteiger partial charge in [0.2, 0.25) is 5.91 Å². The fraction of sp³-hybridized carbons (Fsp3) is 0.929. The van der Waals surface area contributed by atoms with E-state index in [1.165, 1.54) is 32.2 Å². The van der Waals surface area contributed by atoms with Gasteiger partial charge in [-0.3, -0.25) is 4.79 Å². The Morgan fingerprint density at radius 2 is 2.11 bits per heavy atom. The average Bonchev–Trinajstić information content (AvgIpc) is 2.93. The lowest BCUT2D eigenvalue weighted by Crippen LogP contribution is -2.43. The molecule has 2 fully saturated rings. The lowest BCUT2D eigenvalue weighted by molar-refractivity contribution is -0.133. The maximum Gasteiger partial charge on any atom is 0.222 e. The first kappa shape index (κ1) is 13.8. The second-order valence-corrected chi connectivity index (χ2v) is 5.52. The van der Waals surface area contributed by atoms with Gasteiger partial charge in [0, 0.05) is 39.3 Å². The Labute approximate surface area is 110 Å². The molecule has 2 saturated heterocycles. The molecule has 0 radical (unpaired) electrons. The zero-order chi connectivity index (χ0) is 12.8. The number of ether oxygens (including phenoxy) is 1. The van der Waals surface area contributed by atoms with Crippen molar-refractivity contribution in [3.8, 4) is 0 Å². The van der Waals surface area contributed by atoms with Crippen molar-refractivity contribution in [1.29, 1.82) is 0 Å². The number of hydrogen-bond acceptors (Lipinski definition) is 3.